The number of hydrogen-bond acceptors (Lipinski definition) is 3. The normalized spacial score (nSPS) is 16.2. The van der Waals surface area contributed by atoms with Crippen LogP contribution in [0.4, 0.5) is 4.79 Å². The topological polar surface area (TPSA) is 62.7 Å². The van der Waals surface area contributed by atoms with Gasteiger partial charge in [0.1, 0.15) is 10.9 Å². The molecule has 2 rings (SSSR count). The minimum atomic E-state index is -0.894. The molecule has 0 bridgehead atoms. The predicted molar refractivity (Wildman–Crippen MR) is 88.6 cm³/mol. The van der Waals surface area contributed by atoms with Crippen molar-refractivity contribution in [2.24, 2.45) is 5.41 Å². The first kappa shape index (κ1) is 17.3. The summed E-state index contributed by atoms with van der Waals surface area (Å²) in [5.41, 5.74) is -0.524. The fourth-order valence-electron chi connectivity index (χ4n) is 2.17. The number of halogens is 2. The van der Waals surface area contributed by atoms with Gasteiger partial charge in [-0.1, -0.05) is 11.6 Å². The van der Waals surface area contributed by atoms with Gasteiger partial charge in [-0.3, -0.25) is 0 Å². The summed E-state index contributed by atoms with van der Waals surface area (Å²) >= 11 is 9.16. The molecule has 7 heteroatoms. The van der Waals surface area contributed by atoms with E-state index in [0.717, 1.165) is 12.8 Å². The molecule has 5 nitrogen and oxygen atoms in total. The van der Waals surface area contributed by atoms with Crippen LogP contribution in [0.3, 0.4) is 0 Å². The molecule has 0 unspecified atom stereocenters. The molecular weight excluding hydrogens is 372 g/mol. The van der Waals surface area contributed by atoms with Crippen molar-refractivity contribution in [3.63, 3.8) is 0 Å². The Bertz CT molecular complexity index is 570. The van der Waals surface area contributed by atoms with Crippen molar-refractivity contribution in [3.8, 4) is 5.75 Å². The molecule has 1 N–H and O–H groups in total. The van der Waals surface area contributed by atoms with Gasteiger partial charge in [-0.05, 0) is 55.6 Å². The number of nitrogens with zero attached hydrogens (tertiary/aromatic N) is 2. The van der Waals surface area contributed by atoms with Gasteiger partial charge < -0.3 is 14.7 Å². The minimum Gasteiger partial charge on any atom is -0.491 e. The zero-order valence-corrected chi connectivity index (χ0v) is 15.2. The van der Waals surface area contributed by atoms with Crippen LogP contribution in [-0.2, 0) is 0 Å². The number of carboxylic acid groups (broad SMARTS) is 1. The number of carbonyl (C=O) groups is 1. The fraction of sp³-hybridized carbons (Fsp3) is 0.600. The van der Waals surface area contributed by atoms with E-state index >= 15 is 0 Å². The van der Waals surface area contributed by atoms with Crippen LogP contribution in [0, 0.1) is 5.41 Å². The molecule has 1 aromatic heterocycles. The summed E-state index contributed by atoms with van der Waals surface area (Å²) in [5.74, 6) is 0.625. The van der Waals surface area contributed by atoms with Crippen LogP contribution in [0.5, 0.6) is 5.75 Å². The number of hydrogen-bond donors (Lipinski definition) is 1. The standard InChI is InChI=1S/C15H20BrClN2O3/c1-14(2,3)19(13(20)21)8-15(4-5-15)9-22-10-6-11(16)12(17)18-7-10/h6-7H,4-5,8-9H2,1-3H3,(H,20,21). The van der Waals surface area contributed by atoms with Crippen molar-refractivity contribution in [2.45, 2.75) is 39.2 Å². The molecule has 1 aromatic rings. The lowest BCUT2D eigenvalue weighted by molar-refractivity contribution is 0.0746. The van der Waals surface area contributed by atoms with Crippen molar-refractivity contribution in [1.82, 2.24) is 9.88 Å². The summed E-state index contributed by atoms with van der Waals surface area (Å²) in [6.45, 7) is 6.66. The van der Waals surface area contributed by atoms with Gasteiger partial charge in [-0.15, -0.1) is 0 Å². The zero-order valence-electron chi connectivity index (χ0n) is 12.9. The van der Waals surface area contributed by atoms with E-state index in [-0.39, 0.29) is 5.41 Å². The molecule has 1 aliphatic carbocycles. The summed E-state index contributed by atoms with van der Waals surface area (Å²) in [5, 5.41) is 9.79. The van der Waals surface area contributed by atoms with Gasteiger partial charge in [0, 0.05) is 17.5 Å². The molecule has 0 atom stereocenters. The highest BCUT2D eigenvalue weighted by Crippen LogP contribution is 2.47. The third-order valence-electron chi connectivity index (χ3n) is 3.81. The first-order valence-electron chi connectivity index (χ1n) is 7.07. The smallest absolute Gasteiger partial charge is 0.407 e. The Morgan fingerprint density at radius 3 is 2.64 bits per heavy atom. The first-order chi connectivity index (χ1) is 10.1. The zero-order chi connectivity index (χ0) is 16.5. The van der Waals surface area contributed by atoms with E-state index in [0.29, 0.717) is 28.5 Å². The molecule has 0 spiro atoms. The van der Waals surface area contributed by atoms with Gasteiger partial charge in [-0.2, -0.15) is 0 Å². The van der Waals surface area contributed by atoms with E-state index in [1.807, 2.05) is 20.8 Å². The maximum absolute atomic E-state index is 11.5. The summed E-state index contributed by atoms with van der Waals surface area (Å²) in [6, 6.07) is 1.77. The Balaban J connectivity index is 1.99. The second-order valence-corrected chi connectivity index (χ2v) is 7.98. The molecule has 1 fully saturated rings. The predicted octanol–water partition coefficient (Wildman–Crippen LogP) is 4.44. The van der Waals surface area contributed by atoms with E-state index in [2.05, 4.69) is 20.9 Å². The van der Waals surface area contributed by atoms with Gasteiger partial charge in [0.15, 0.2) is 0 Å². The monoisotopic (exact) mass is 390 g/mol. The molecule has 1 saturated carbocycles. The quantitative estimate of drug-likeness (QED) is 0.754. The highest BCUT2D eigenvalue weighted by atomic mass is 79.9. The molecule has 1 aliphatic rings. The first-order valence-corrected chi connectivity index (χ1v) is 8.24. The van der Waals surface area contributed by atoms with Crippen LogP contribution < -0.4 is 4.74 Å². The van der Waals surface area contributed by atoms with Crippen molar-refractivity contribution in [2.75, 3.05) is 13.2 Å². The van der Waals surface area contributed by atoms with Crippen molar-refractivity contribution in [3.05, 3.63) is 21.9 Å². The van der Waals surface area contributed by atoms with Gasteiger partial charge in [0.2, 0.25) is 0 Å². The summed E-state index contributed by atoms with van der Waals surface area (Å²) in [7, 11) is 0. The van der Waals surface area contributed by atoms with Crippen LogP contribution in [0.2, 0.25) is 5.15 Å². The van der Waals surface area contributed by atoms with E-state index < -0.39 is 11.6 Å². The Labute approximate surface area is 143 Å². The fourth-order valence-corrected chi connectivity index (χ4v) is 2.60. The molecule has 0 aromatic carbocycles. The molecular formula is C15H20BrClN2O3. The summed E-state index contributed by atoms with van der Waals surface area (Å²) in [6.07, 6.45) is 2.61. The molecule has 0 saturated heterocycles. The average molecular weight is 392 g/mol. The molecule has 0 radical (unpaired) electrons. The molecule has 0 aliphatic heterocycles. The number of aromatic nitrogens is 1. The maximum atomic E-state index is 11.5. The highest BCUT2D eigenvalue weighted by molar-refractivity contribution is 9.10. The lowest BCUT2D eigenvalue weighted by Crippen LogP contribution is -2.48. The average Bonchev–Trinajstić information content (AvgIpc) is 3.16. The van der Waals surface area contributed by atoms with E-state index in [4.69, 9.17) is 16.3 Å². The lowest BCUT2D eigenvalue weighted by atomic mass is 10.0. The van der Waals surface area contributed by atoms with Crippen LogP contribution in [0.1, 0.15) is 33.6 Å². The van der Waals surface area contributed by atoms with E-state index in [9.17, 15) is 9.90 Å². The largest absolute Gasteiger partial charge is 0.491 e. The Morgan fingerprint density at radius 1 is 1.55 bits per heavy atom. The lowest BCUT2D eigenvalue weighted by Gasteiger charge is -2.36. The van der Waals surface area contributed by atoms with Crippen molar-refractivity contribution in [1.29, 1.82) is 0 Å². The third kappa shape index (κ3) is 4.26. The van der Waals surface area contributed by atoms with E-state index in [1.54, 1.807) is 12.3 Å². The minimum absolute atomic E-state index is 0.0994. The van der Waals surface area contributed by atoms with Crippen LogP contribution in [-0.4, -0.2) is 39.8 Å². The Hall–Kier alpha value is -1.01. The molecule has 122 valence electrons. The molecule has 1 heterocycles. The van der Waals surface area contributed by atoms with Gasteiger partial charge in [0.25, 0.3) is 0 Å². The number of rotatable bonds is 5. The van der Waals surface area contributed by atoms with Gasteiger partial charge in [0.05, 0.1) is 17.3 Å². The SMILES string of the molecule is CC(C)(C)N(CC1(COc2cnc(Cl)c(Br)c2)CC1)C(=O)O. The second-order valence-electron chi connectivity index (χ2n) is 6.77. The number of ether oxygens (including phenoxy) is 1. The van der Waals surface area contributed by atoms with Crippen LogP contribution in [0.15, 0.2) is 16.7 Å². The van der Waals surface area contributed by atoms with E-state index in [1.165, 1.54) is 4.90 Å². The van der Waals surface area contributed by atoms with Gasteiger partial charge >= 0.3 is 6.09 Å². The van der Waals surface area contributed by atoms with Gasteiger partial charge in [-0.25, -0.2) is 9.78 Å². The second kappa shape index (κ2) is 6.24. The van der Waals surface area contributed by atoms with Crippen molar-refractivity contribution < 1.29 is 14.6 Å². The molecule has 1 amide bonds. The van der Waals surface area contributed by atoms with Crippen LogP contribution in [0.25, 0.3) is 0 Å². The number of pyridine rings is 1. The Morgan fingerprint density at radius 2 is 2.18 bits per heavy atom. The number of amides is 1. The highest BCUT2D eigenvalue weighted by Gasteiger charge is 2.47. The molecule has 22 heavy (non-hydrogen) atoms. The summed E-state index contributed by atoms with van der Waals surface area (Å²) in [4.78, 5) is 17.0. The Kier molecular flexibility index (Phi) is 4.92. The summed E-state index contributed by atoms with van der Waals surface area (Å²) < 4.78 is 6.47. The third-order valence-corrected chi connectivity index (χ3v) is 4.94. The van der Waals surface area contributed by atoms with Crippen LogP contribution >= 0.6 is 27.5 Å². The maximum Gasteiger partial charge on any atom is 0.407 e. The van der Waals surface area contributed by atoms with Crippen molar-refractivity contribution >= 4 is 33.6 Å².